The lowest BCUT2D eigenvalue weighted by atomic mass is 9.64. The lowest BCUT2D eigenvalue weighted by Crippen LogP contribution is -2.35. The Morgan fingerprint density at radius 1 is 1.32 bits per heavy atom. The summed E-state index contributed by atoms with van der Waals surface area (Å²) in [4.78, 5) is 36.1. The molecule has 0 amide bonds. The number of hydrogen-bond acceptors (Lipinski definition) is 5. The van der Waals surface area contributed by atoms with Crippen LogP contribution in [-0.2, 0) is 19.1 Å². The molecule has 3 atom stereocenters. The molecule has 1 unspecified atom stereocenters. The van der Waals surface area contributed by atoms with Crippen molar-refractivity contribution in [2.24, 2.45) is 22.7 Å². The Morgan fingerprint density at radius 2 is 2.00 bits per heavy atom. The molecule has 5 heteroatoms. The third-order valence-corrected chi connectivity index (χ3v) is 7.27. The Hall–Kier alpha value is -1.20. The number of carbonyl (C=O) groups is 3. The van der Waals surface area contributed by atoms with Gasteiger partial charge in [-0.2, -0.15) is 12.6 Å². The summed E-state index contributed by atoms with van der Waals surface area (Å²) in [7, 11) is 1.54. The molecule has 1 fully saturated rings. The average molecular weight is 451 g/mol. The summed E-state index contributed by atoms with van der Waals surface area (Å²) in [5.74, 6) is 1.41. The zero-order valence-electron chi connectivity index (χ0n) is 20.3. The van der Waals surface area contributed by atoms with Crippen LogP contribution in [0.3, 0.4) is 0 Å². The minimum absolute atomic E-state index is 0.0842. The third-order valence-electron chi connectivity index (χ3n) is 6.71. The van der Waals surface area contributed by atoms with Crippen LogP contribution in [0.4, 0.5) is 0 Å². The van der Waals surface area contributed by atoms with E-state index in [0.717, 1.165) is 44.3 Å². The summed E-state index contributed by atoms with van der Waals surface area (Å²) in [5, 5.41) is 0. The summed E-state index contributed by atoms with van der Waals surface area (Å²) in [5.41, 5.74) is 0.786. The van der Waals surface area contributed by atoms with Crippen molar-refractivity contribution >= 4 is 30.0 Å². The van der Waals surface area contributed by atoms with E-state index in [1.54, 1.807) is 26.2 Å². The van der Waals surface area contributed by atoms with Gasteiger partial charge in [0, 0.05) is 30.6 Å². The third kappa shape index (κ3) is 7.71. The van der Waals surface area contributed by atoms with Crippen molar-refractivity contribution in [1.82, 2.24) is 0 Å². The molecule has 4 nitrogen and oxygen atoms in total. The van der Waals surface area contributed by atoms with Gasteiger partial charge >= 0.3 is 0 Å². The Balaban J connectivity index is 0.00000233. The van der Waals surface area contributed by atoms with Crippen molar-refractivity contribution in [3.05, 3.63) is 23.8 Å². The molecule has 31 heavy (non-hydrogen) atoms. The minimum atomic E-state index is -0.358. The number of fused-ring (bicyclic) bond motifs is 1. The van der Waals surface area contributed by atoms with E-state index >= 15 is 0 Å². The normalized spacial score (nSPS) is 23.9. The van der Waals surface area contributed by atoms with Gasteiger partial charge in [0.05, 0.1) is 0 Å². The molecule has 0 spiro atoms. The maximum Gasteiger partial charge on any atom is 0.178 e. The number of ether oxygens (including phenoxy) is 1. The van der Waals surface area contributed by atoms with Gasteiger partial charge in [0.2, 0.25) is 0 Å². The number of allylic oxidation sites excluding steroid dienone is 4. The van der Waals surface area contributed by atoms with E-state index in [2.05, 4.69) is 18.7 Å². The van der Waals surface area contributed by atoms with Gasteiger partial charge in [-0.1, -0.05) is 52.2 Å². The van der Waals surface area contributed by atoms with Gasteiger partial charge in [-0.15, -0.1) is 0 Å². The molecule has 0 aromatic heterocycles. The Kier molecular flexibility index (Phi) is 11.4. The number of thiol groups is 1. The molecule has 0 heterocycles. The van der Waals surface area contributed by atoms with Crippen LogP contribution in [-0.4, -0.2) is 36.8 Å². The van der Waals surface area contributed by atoms with Crippen LogP contribution in [0.1, 0.15) is 79.6 Å². The fourth-order valence-corrected chi connectivity index (χ4v) is 5.72. The Bertz CT molecular complexity index is 692. The van der Waals surface area contributed by atoms with Gasteiger partial charge in [0.1, 0.15) is 12.4 Å². The minimum Gasteiger partial charge on any atom is -0.377 e. The molecule has 0 aliphatic heterocycles. The summed E-state index contributed by atoms with van der Waals surface area (Å²) >= 11 is 4.60. The fourth-order valence-electron chi connectivity index (χ4n) is 5.28. The van der Waals surface area contributed by atoms with Gasteiger partial charge in [0.25, 0.3) is 0 Å². The monoisotopic (exact) mass is 450 g/mol. The van der Waals surface area contributed by atoms with E-state index in [0.29, 0.717) is 12.3 Å². The van der Waals surface area contributed by atoms with Gasteiger partial charge in [-0.05, 0) is 56.1 Å². The van der Waals surface area contributed by atoms with E-state index < -0.39 is 0 Å². The van der Waals surface area contributed by atoms with Crippen LogP contribution in [0.25, 0.3) is 0 Å². The van der Waals surface area contributed by atoms with Crippen LogP contribution in [0.2, 0.25) is 0 Å². The highest BCUT2D eigenvalue weighted by Gasteiger charge is 2.39. The molecule has 0 saturated heterocycles. The standard InChI is InChI=1S/C24H36O4S.C2H6/c1-17(25)13-23(2,3)21(22(27)15-28-4)7-5-6-18-8-9-19-12-20(26)10-11-24(19,14-18)16-29;1-2/h10-12,18,21,29H,5-9,13-16H2,1-4H3;1-2H3/t18?,21-,24-;/m1./s1. The quantitative estimate of drug-likeness (QED) is 0.404. The van der Waals surface area contributed by atoms with Crippen LogP contribution >= 0.6 is 12.6 Å². The van der Waals surface area contributed by atoms with Crippen molar-refractivity contribution in [3.8, 4) is 0 Å². The van der Waals surface area contributed by atoms with Gasteiger partial charge in [-0.3, -0.25) is 9.59 Å². The molecule has 1 saturated carbocycles. The second kappa shape index (κ2) is 12.7. The Labute approximate surface area is 194 Å². The maximum absolute atomic E-state index is 12.7. The molecule has 2 rings (SSSR count). The van der Waals surface area contributed by atoms with Crippen molar-refractivity contribution in [2.75, 3.05) is 19.5 Å². The SMILES string of the molecule is CC.COCC(=O)[C@@H](CCCC1CCC2=CC(=O)C=C[C@]2(CS)C1)C(C)(C)CC(C)=O. The molecule has 0 radical (unpaired) electrons. The summed E-state index contributed by atoms with van der Waals surface area (Å²) < 4.78 is 5.09. The first-order valence-electron chi connectivity index (χ1n) is 11.7. The maximum atomic E-state index is 12.7. The predicted molar refractivity (Wildman–Crippen MR) is 131 cm³/mol. The summed E-state index contributed by atoms with van der Waals surface area (Å²) in [6.07, 6.45) is 11.8. The van der Waals surface area contributed by atoms with Gasteiger partial charge < -0.3 is 9.53 Å². The Morgan fingerprint density at radius 3 is 2.58 bits per heavy atom. The van der Waals surface area contributed by atoms with E-state index in [1.165, 1.54) is 5.57 Å². The molecule has 0 bridgehead atoms. The van der Waals surface area contributed by atoms with E-state index in [9.17, 15) is 14.4 Å². The highest BCUT2D eigenvalue weighted by atomic mass is 32.1. The largest absolute Gasteiger partial charge is 0.377 e. The lowest BCUT2D eigenvalue weighted by Gasteiger charge is -2.42. The molecule has 176 valence electrons. The van der Waals surface area contributed by atoms with Crippen LogP contribution < -0.4 is 0 Å². The second-order valence-electron chi connectivity index (χ2n) is 9.58. The first-order chi connectivity index (χ1) is 14.6. The van der Waals surface area contributed by atoms with Crippen molar-refractivity contribution in [3.63, 3.8) is 0 Å². The average Bonchev–Trinajstić information content (AvgIpc) is 2.71. The topological polar surface area (TPSA) is 60.4 Å². The molecule has 2 aliphatic carbocycles. The van der Waals surface area contributed by atoms with E-state index in [4.69, 9.17) is 4.74 Å². The summed E-state index contributed by atoms with van der Waals surface area (Å²) in [6, 6.07) is 0. The summed E-state index contributed by atoms with van der Waals surface area (Å²) in [6.45, 7) is 9.73. The first kappa shape index (κ1) is 27.8. The number of Topliss-reactive ketones (excluding diaryl/α,β-unsaturated/α-hetero) is 2. The number of ketones is 3. The molecular weight excluding hydrogens is 408 g/mol. The first-order valence-corrected chi connectivity index (χ1v) is 12.3. The zero-order valence-corrected chi connectivity index (χ0v) is 21.2. The van der Waals surface area contributed by atoms with Crippen molar-refractivity contribution in [2.45, 2.75) is 79.6 Å². The molecule has 0 N–H and O–H groups in total. The van der Waals surface area contributed by atoms with Gasteiger partial charge in [-0.25, -0.2) is 0 Å². The predicted octanol–water partition coefficient (Wildman–Crippen LogP) is 5.80. The van der Waals surface area contributed by atoms with E-state index in [1.807, 2.05) is 27.7 Å². The fraction of sp³-hybridized carbons (Fsp3) is 0.731. The molecular formula is C26H42O4S. The van der Waals surface area contributed by atoms with Gasteiger partial charge in [0.15, 0.2) is 11.6 Å². The van der Waals surface area contributed by atoms with Crippen LogP contribution in [0.5, 0.6) is 0 Å². The number of hydrogen-bond donors (Lipinski definition) is 1. The number of methoxy groups -OCH3 is 1. The van der Waals surface area contributed by atoms with Crippen molar-refractivity contribution < 1.29 is 19.1 Å². The number of rotatable bonds is 11. The van der Waals surface area contributed by atoms with Crippen LogP contribution in [0.15, 0.2) is 23.8 Å². The second-order valence-corrected chi connectivity index (χ2v) is 9.89. The van der Waals surface area contributed by atoms with Crippen molar-refractivity contribution in [1.29, 1.82) is 0 Å². The molecule has 0 aromatic rings. The number of carbonyl (C=O) groups excluding carboxylic acids is 3. The molecule has 2 aliphatic rings. The van der Waals surface area contributed by atoms with Crippen LogP contribution in [0, 0.1) is 22.7 Å². The lowest BCUT2D eigenvalue weighted by molar-refractivity contribution is -0.132. The van der Waals surface area contributed by atoms with E-state index in [-0.39, 0.29) is 40.7 Å². The highest BCUT2D eigenvalue weighted by molar-refractivity contribution is 7.80. The molecule has 0 aromatic carbocycles. The zero-order chi connectivity index (χ0) is 23.7. The smallest absolute Gasteiger partial charge is 0.178 e. The highest BCUT2D eigenvalue weighted by Crippen LogP contribution is 2.48.